The van der Waals surface area contributed by atoms with Gasteiger partial charge < -0.3 is 14.2 Å². The third kappa shape index (κ3) is 5.03. The molecule has 1 fully saturated rings. The van der Waals surface area contributed by atoms with E-state index in [1.165, 1.54) is 5.56 Å². The third-order valence-corrected chi connectivity index (χ3v) is 4.27. The van der Waals surface area contributed by atoms with Gasteiger partial charge in [0.1, 0.15) is 5.75 Å². The molecular formula is C18H24N4O3. The number of amides is 1. The highest BCUT2D eigenvalue weighted by Gasteiger charge is 2.22. The summed E-state index contributed by atoms with van der Waals surface area (Å²) in [5.41, 5.74) is 1.19. The number of carbonyl (C=O) groups is 1. The monoisotopic (exact) mass is 344 g/mol. The number of ether oxygens (including phenoxy) is 1. The van der Waals surface area contributed by atoms with Crippen molar-refractivity contribution in [3.05, 3.63) is 41.5 Å². The summed E-state index contributed by atoms with van der Waals surface area (Å²) in [5.74, 6) is 2.22. The fourth-order valence-electron chi connectivity index (χ4n) is 2.81. The zero-order valence-corrected chi connectivity index (χ0v) is 14.8. The average molecular weight is 344 g/mol. The number of rotatable bonds is 6. The molecule has 134 valence electrons. The number of carbonyl (C=O) groups excluding carboxylic acids is 1. The summed E-state index contributed by atoms with van der Waals surface area (Å²) in [6, 6.07) is 7.86. The molecule has 0 radical (unpaired) electrons. The molecule has 0 aliphatic carbocycles. The second-order valence-corrected chi connectivity index (χ2v) is 6.30. The SMILES string of the molecule is Cc1ccc(OCCC(=O)N2CCN(Cc3noc(C)n3)CC2)cc1. The van der Waals surface area contributed by atoms with Gasteiger partial charge in [0.15, 0.2) is 5.82 Å². The van der Waals surface area contributed by atoms with E-state index >= 15 is 0 Å². The van der Waals surface area contributed by atoms with E-state index in [0.717, 1.165) is 31.9 Å². The number of hydrogen-bond donors (Lipinski definition) is 0. The minimum atomic E-state index is 0.141. The number of aryl methyl sites for hydroxylation is 2. The molecular weight excluding hydrogens is 320 g/mol. The normalized spacial score (nSPS) is 15.4. The van der Waals surface area contributed by atoms with E-state index in [9.17, 15) is 4.79 Å². The van der Waals surface area contributed by atoms with Crippen molar-refractivity contribution in [3.8, 4) is 5.75 Å². The fourth-order valence-corrected chi connectivity index (χ4v) is 2.81. The number of aromatic nitrogens is 2. The molecule has 25 heavy (non-hydrogen) atoms. The van der Waals surface area contributed by atoms with Gasteiger partial charge in [0.25, 0.3) is 0 Å². The Hall–Kier alpha value is -2.41. The molecule has 1 amide bonds. The van der Waals surface area contributed by atoms with Crippen LogP contribution in [0.3, 0.4) is 0 Å². The minimum absolute atomic E-state index is 0.141. The fraction of sp³-hybridized carbons (Fsp3) is 0.500. The molecule has 1 aromatic heterocycles. The maximum absolute atomic E-state index is 12.3. The smallest absolute Gasteiger partial charge is 0.226 e. The van der Waals surface area contributed by atoms with Crippen LogP contribution in [0.2, 0.25) is 0 Å². The van der Waals surface area contributed by atoms with Crippen LogP contribution in [0, 0.1) is 13.8 Å². The second-order valence-electron chi connectivity index (χ2n) is 6.30. The van der Waals surface area contributed by atoms with Gasteiger partial charge in [-0.05, 0) is 19.1 Å². The molecule has 1 saturated heterocycles. The van der Waals surface area contributed by atoms with E-state index in [4.69, 9.17) is 9.26 Å². The first-order valence-corrected chi connectivity index (χ1v) is 8.59. The molecule has 0 saturated carbocycles. The molecule has 2 aromatic rings. The van der Waals surface area contributed by atoms with Crippen molar-refractivity contribution >= 4 is 5.91 Å². The summed E-state index contributed by atoms with van der Waals surface area (Å²) < 4.78 is 10.6. The molecule has 0 N–H and O–H groups in total. The molecule has 0 bridgehead atoms. The Morgan fingerprint density at radius 2 is 1.88 bits per heavy atom. The van der Waals surface area contributed by atoms with E-state index < -0.39 is 0 Å². The molecule has 7 nitrogen and oxygen atoms in total. The number of piperazine rings is 1. The first-order valence-electron chi connectivity index (χ1n) is 8.59. The highest BCUT2D eigenvalue weighted by Crippen LogP contribution is 2.12. The van der Waals surface area contributed by atoms with Gasteiger partial charge >= 0.3 is 0 Å². The van der Waals surface area contributed by atoms with E-state index in [0.29, 0.717) is 31.3 Å². The van der Waals surface area contributed by atoms with Crippen LogP contribution < -0.4 is 4.74 Å². The van der Waals surface area contributed by atoms with Crippen LogP contribution in [-0.4, -0.2) is 58.6 Å². The number of benzene rings is 1. The van der Waals surface area contributed by atoms with Crippen molar-refractivity contribution in [2.75, 3.05) is 32.8 Å². The Balaban J connectivity index is 1.37. The number of hydrogen-bond acceptors (Lipinski definition) is 6. The van der Waals surface area contributed by atoms with Crippen molar-refractivity contribution in [1.29, 1.82) is 0 Å². The van der Waals surface area contributed by atoms with Crippen LogP contribution in [0.4, 0.5) is 0 Å². The highest BCUT2D eigenvalue weighted by atomic mass is 16.5. The van der Waals surface area contributed by atoms with Gasteiger partial charge in [0.05, 0.1) is 19.6 Å². The van der Waals surface area contributed by atoms with Crippen molar-refractivity contribution in [3.63, 3.8) is 0 Å². The van der Waals surface area contributed by atoms with Crippen LogP contribution in [0.25, 0.3) is 0 Å². The largest absolute Gasteiger partial charge is 0.493 e. The quantitative estimate of drug-likeness (QED) is 0.796. The van der Waals surface area contributed by atoms with E-state index in [-0.39, 0.29) is 5.91 Å². The van der Waals surface area contributed by atoms with Crippen LogP contribution in [-0.2, 0) is 11.3 Å². The van der Waals surface area contributed by atoms with E-state index in [1.807, 2.05) is 36.1 Å². The van der Waals surface area contributed by atoms with Gasteiger partial charge in [-0.1, -0.05) is 22.9 Å². The lowest BCUT2D eigenvalue weighted by molar-refractivity contribution is -0.133. The molecule has 0 atom stereocenters. The van der Waals surface area contributed by atoms with Gasteiger partial charge in [0, 0.05) is 33.1 Å². The van der Waals surface area contributed by atoms with Gasteiger partial charge in [-0.2, -0.15) is 4.98 Å². The lowest BCUT2D eigenvalue weighted by atomic mass is 10.2. The lowest BCUT2D eigenvalue weighted by Gasteiger charge is -2.34. The molecule has 1 aliphatic rings. The third-order valence-electron chi connectivity index (χ3n) is 4.27. The Labute approximate surface area is 147 Å². The van der Waals surface area contributed by atoms with E-state index in [1.54, 1.807) is 6.92 Å². The first kappa shape index (κ1) is 17.4. The molecule has 0 spiro atoms. The maximum Gasteiger partial charge on any atom is 0.226 e. The highest BCUT2D eigenvalue weighted by molar-refractivity contribution is 5.76. The van der Waals surface area contributed by atoms with Gasteiger partial charge in [-0.3, -0.25) is 9.69 Å². The summed E-state index contributed by atoms with van der Waals surface area (Å²) in [7, 11) is 0. The van der Waals surface area contributed by atoms with Crippen LogP contribution in [0.1, 0.15) is 23.7 Å². The van der Waals surface area contributed by atoms with Gasteiger partial charge in [0.2, 0.25) is 11.8 Å². The van der Waals surface area contributed by atoms with Crippen molar-refractivity contribution in [1.82, 2.24) is 19.9 Å². The standard InChI is InChI=1S/C18H24N4O3/c1-14-3-5-16(6-4-14)24-12-7-18(23)22-10-8-21(9-11-22)13-17-19-15(2)25-20-17/h3-6H,7-13H2,1-2H3. The Morgan fingerprint density at radius 1 is 1.16 bits per heavy atom. The predicted octanol–water partition coefficient (Wildman–Crippen LogP) is 1.80. The number of nitrogens with zero attached hydrogens (tertiary/aromatic N) is 4. The maximum atomic E-state index is 12.3. The Bertz CT molecular complexity index is 691. The molecule has 1 aliphatic heterocycles. The summed E-state index contributed by atoms with van der Waals surface area (Å²) >= 11 is 0. The molecule has 7 heteroatoms. The van der Waals surface area contributed by atoms with Crippen LogP contribution >= 0.6 is 0 Å². The van der Waals surface area contributed by atoms with Crippen molar-refractivity contribution in [2.45, 2.75) is 26.8 Å². The second kappa shape index (κ2) is 8.11. The molecule has 2 heterocycles. The summed E-state index contributed by atoms with van der Waals surface area (Å²) in [6.45, 7) is 7.97. The minimum Gasteiger partial charge on any atom is -0.493 e. The summed E-state index contributed by atoms with van der Waals surface area (Å²) in [6.07, 6.45) is 0.401. The Kier molecular flexibility index (Phi) is 5.65. The van der Waals surface area contributed by atoms with E-state index in [2.05, 4.69) is 15.0 Å². The van der Waals surface area contributed by atoms with Crippen molar-refractivity contribution in [2.24, 2.45) is 0 Å². The van der Waals surface area contributed by atoms with Gasteiger partial charge in [-0.25, -0.2) is 0 Å². The zero-order valence-electron chi connectivity index (χ0n) is 14.8. The van der Waals surface area contributed by atoms with Crippen LogP contribution in [0.5, 0.6) is 5.75 Å². The van der Waals surface area contributed by atoms with Crippen LogP contribution in [0.15, 0.2) is 28.8 Å². The lowest BCUT2D eigenvalue weighted by Crippen LogP contribution is -2.48. The summed E-state index contributed by atoms with van der Waals surface area (Å²) in [4.78, 5) is 20.6. The van der Waals surface area contributed by atoms with Gasteiger partial charge in [-0.15, -0.1) is 0 Å². The predicted molar refractivity (Wildman–Crippen MR) is 92.2 cm³/mol. The Morgan fingerprint density at radius 3 is 2.52 bits per heavy atom. The molecule has 3 rings (SSSR count). The van der Waals surface area contributed by atoms with Crippen molar-refractivity contribution < 1.29 is 14.1 Å². The molecule has 0 unspecified atom stereocenters. The first-order chi connectivity index (χ1) is 12.1. The molecule has 1 aromatic carbocycles. The topological polar surface area (TPSA) is 71.7 Å². The summed E-state index contributed by atoms with van der Waals surface area (Å²) in [5, 5.41) is 3.91. The zero-order chi connectivity index (χ0) is 17.6. The average Bonchev–Trinajstić information content (AvgIpc) is 3.02.